The summed E-state index contributed by atoms with van der Waals surface area (Å²) in [6.45, 7) is 0. The van der Waals surface area contributed by atoms with Crippen LogP contribution in [-0.2, 0) is 0 Å². The van der Waals surface area contributed by atoms with Crippen molar-refractivity contribution in [3.05, 3.63) is 72.9 Å². The van der Waals surface area contributed by atoms with Gasteiger partial charge in [0, 0.05) is 26.7 Å². The highest BCUT2D eigenvalue weighted by atomic mass is 32.1. The molecule has 0 bridgehead atoms. The first-order chi connectivity index (χ1) is 11.9. The van der Waals surface area contributed by atoms with Crippen molar-refractivity contribution >= 4 is 32.3 Å². The lowest BCUT2D eigenvalue weighted by molar-refractivity contribution is 1.11. The van der Waals surface area contributed by atoms with Crippen molar-refractivity contribution in [3.63, 3.8) is 0 Å². The number of rotatable bonds is 2. The lowest BCUT2D eigenvalue weighted by Gasteiger charge is -2.00. The molecule has 4 heteroatoms. The first-order valence-electron chi connectivity index (χ1n) is 7.77. The Kier molecular flexibility index (Phi) is 2.96. The van der Waals surface area contributed by atoms with Gasteiger partial charge in [-0.2, -0.15) is 5.10 Å². The fraction of sp³-hybridized carbons (Fsp3) is 0. The lowest BCUT2D eigenvalue weighted by Crippen LogP contribution is -1.82. The molecule has 3 heterocycles. The van der Waals surface area contributed by atoms with Gasteiger partial charge < -0.3 is 0 Å². The van der Waals surface area contributed by atoms with E-state index in [0.717, 1.165) is 27.9 Å². The van der Waals surface area contributed by atoms with Gasteiger partial charge in [-0.15, -0.1) is 11.3 Å². The highest BCUT2D eigenvalue weighted by molar-refractivity contribution is 7.22. The molecular weight excluding hydrogens is 314 g/mol. The minimum Gasteiger partial charge on any atom is -0.275 e. The van der Waals surface area contributed by atoms with Gasteiger partial charge >= 0.3 is 0 Å². The molecule has 3 nitrogen and oxygen atoms in total. The van der Waals surface area contributed by atoms with Crippen LogP contribution < -0.4 is 0 Å². The molecule has 0 saturated heterocycles. The molecule has 3 aromatic heterocycles. The van der Waals surface area contributed by atoms with Gasteiger partial charge in [0.05, 0.1) is 11.4 Å². The summed E-state index contributed by atoms with van der Waals surface area (Å²) in [6, 6.07) is 22.9. The minimum absolute atomic E-state index is 0.911. The van der Waals surface area contributed by atoms with Gasteiger partial charge in [-0.05, 0) is 29.7 Å². The third-order valence-corrected chi connectivity index (χ3v) is 5.35. The van der Waals surface area contributed by atoms with Crippen LogP contribution in [0.15, 0.2) is 72.9 Å². The van der Waals surface area contributed by atoms with Gasteiger partial charge in [-0.3, -0.25) is 10.1 Å². The SMILES string of the molecule is c1ccc(-c2[nH]nc3c(-c4cc5ccccc5s4)cccc23)nc1. The third kappa shape index (κ3) is 2.04. The topological polar surface area (TPSA) is 41.6 Å². The van der Waals surface area contributed by atoms with E-state index < -0.39 is 0 Å². The van der Waals surface area contributed by atoms with Crippen molar-refractivity contribution in [2.24, 2.45) is 0 Å². The highest BCUT2D eigenvalue weighted by Crippen LogP contribution is 2.38. The van der Waals surface area contributed by atoms with Gasteiger partial charge in [0.15, 0.2) is 0 Å². The third-order valence-electron chi connectivity index (χ3n) is 4.20. The van der Waals surface area contributed by atoms with Crippen LogP contribution in [0.4, 0.5) is 0 Å². The number of H-pyrrole nitrogens is 1. The van der Waals surface area contributed by atoms with E-state index in [9.17, 15) is 0 Å². The van der Waals surface area contributed by atoms with E-state index in [1.807, 2.05) is 18.2 Å². The predicted octanol–water partition coefficient (Wildman–Crippen LogP) is 5.51. The van der Waals surface area contributed by atoms with Crippen LogP contribution in [0, 0.1) is 0 Å². The Bertz CT molecular complexity index is 1120. The fourth-order valence-corrected chi connectivity index (χ4v) is 4.15. The first-order valence-corrected chi connectivity index (χ1v) is 8.59. The Morgan fingerprint density at radius 1 is 0.875 bits per heavy atom. The number of pyridine rings is 1. The Hall–Kier alpha value is -2.98. The molecule has 5 rings (SSSR count). The number of nitrogens with one attached hydrogen (secondary N) is 1. The summed E-state index contributed by atoms with van der Waals surface area (Å²) in [5.74, 6) is 0. The Labute approximate surface area is 142 Å². The van der Waals surface area contributed by atoms with Crippen molar-refractivity contribution in [2.45, 2.75) is 0 Å². The van der Waals surface area contributed by atoms with Gasteiger partial charge in [-0.25, -0.2) is 0 Å². The van der Waals surface area contributed by atoms with E-state index >= 15 is 0 Å². The molecule has 0 aliphatic rings. The molecule has 0 radical (unpaired) electrons. The quantitative estimate of drug-likeness (QED) is 0.465. The summed E-state index contributed by atoms with van der Waals surface area (Å²) < 4.78 is 1.30. The molecule has 0 unspecified atom stereocenters. The summed E-state index contributed by atoms with van der Waals surface area (Å²) in [5.41, 5.74) is 4.03. The van der Waals surface area contributed by atoms with E-state index in [2.05, 4.69) is 63.7 Å². The Balaban J connectivity index is 1.74. The van der Waals surface area contributed by atoms with Gasteiger partial charge in [0.1, 0.15) is 5.52 Å². The zero-order valence-corrected chi connectivity index (χ0v) is 13.5. The molecule has 0 fully saturated rings. The number of hydrogen-bond acceptors (Lipinski definition) is 3. The van der Waals surface area contributed by atoms with Crippen LogP contribution in [-0.4, -0.2) is 15.2 Å². The maximum atomic E-state index is 4.58. The van der Waals surface area contributed by atoms with Crippen molar-refractivity contribution in [2.75, 3.05) is 0 Å². The zero-order valence-electron chi connectivity index (χ0n) is 12.7. The number of benzene rings is 2. The molecule has 1 N–H and O–H groups in total. The van der Waals surface area contributed by atoms with Gasteiger partial charge in [-0.1, -0.05) is 42.5 Å². The second-order valence-corrected chi connectivity index (χ2v) is 6.75. The van der Waals surface area contributed by atoms with Crippen molar-refractivity contribution in [1.29, 1.82) is 0 Å². The Morgan fingerprint density at radius 2 is 1.79 bits per heavy atom. The van der Waals surface area contributed by atoms with Crippen molar-refractivity contribution in [1.82, 2.24) is 15.2 Å². The normalized spacial score (nSPS) is 11.3. The maximum absolute atomic E-state index is 4.58. The summed E-state index contributed by atoms with van der Waals surface area (Å²) in [6.07, 6.45) is 1.80. The molecule has 0 aliphatic heterocycles. The molecule has 114 valence electrons. The number of fused-ring (bicyclic) bond motifs is 2. The molecule has 0 spiro atoms. The average Bonchev–Trinajstić information content (AvgIpc) is 3.26. The largest absolute Gasteiger partial charge is 0.275 e. The fourth-order valence-electron chi connectivity index (χ4n) is 3.06. The molecule has 24 heavy (non-hydrogen) atoms. The molecule has 5 aromatic rings. The van der Waals surface area contributed by atoms with Crippen LogP contribution in [0.3, 0.4) is 0 Å². The minimum atomic E-state index is 0.911. The number of hydrogen-bond donors (Lipinski definition) is 1. The summed E-state index contributed by atoms with van der Waals surface area (Å²) >= 11 is 1.80. The van der Waals surface area contributed by atoms with Crippen molar-refractivity contribution < 1.29 is 0 Å². The molecule has 0 amide bonds. The molecular formula is C20H13N3S. The summed E-state index contributed by atoms with van der Waals surface area (Å²) in [4.78, 5) is 5.68. The highest BCUT2D eigenvalue weighted by Gasteiger charge is 2.14. The number of aromatic amines is 1. The molecule has 0 atom stereocenters. The monoisotopic (exact) mass is 327 g/mol. The van der Waals surface area contributed by atoms with Gasteiger partial charge in [0.2, 0.25) is 0 Å². The summed E-state index contributed by atoms with van der Waals surface area (Å²) in [5, 5.41) is 10.1. The second kappa shape index (κ2) is 5.28. The number of nitrogens with zero attached hydrogens (tertiary/aromatic N) is 2. The zero-order chi connectivity index (χ0) is 15.9. The van der Waals surface area contributed by atoms with E-state index in [0.29, 0.717) is 0 Å². The summed E-state index contributed by atoms with van der Waals surface area (Å²) in [7, 11) is 0. The van der Waals surface area contributed by atoms with E-state index in [4.69, 9.17) is 0 Å². The molecule has 0 saturated carbocycles. The maximum Gasteiger partial charge on any atom is 0.101 e. The van der Waals surface area contributed by atoms with E-state index in [1.165, 1.54) is 15.0 Å². The standard InChI is InChI=1S/C20H13N3S/c1-2-10-17-13(6-1)12-18(24-17)14-7-5-8-15-19(14)22-23-20(15)16-9-3-4-11-21-16/h1-12H,(H,22,23). The molecule has 0 aliphatic carbocycles. The van der Waals surface area contributed by atoms with Crippen LogP contribution in [0.2, 0.25) is 0 Å². The van der Waals surface area contributed by atoms with E-state index in [1.54, 1.807) is 17.5 Å². The first kappa shape index (κ1) is 13.5. The number of thiophene rings is 1. The van der Waals surface area contributed by atoms with Gasteiger partial charge in [0.25, 0.3) is 0 Å². The van der Waals surface area contributed by atoms with Crippen LogP contribution in [0.1, 0.15) is 0 Å². The van der Waals surface area contributed by atoms with Crippen LogP contribution >= 0.6 is 11.3 Å². The average molecular weight is 327 g/mol. The van der Waals surface area contributed by atoms with Crippen LogP contribution in [0.5, 0.6) is 0 Å². The van der Waals surface area contributed by atoms with Crippen molar-refractivity contribution in [3.8, 4) is 21.8 Å². The van der Waals surface area contributed by atoms with E-state index in [-0.39, 0.29) is 0 Å². The number of para-hydroxylation sites is 1. The molecule has 2 aromatic carbocycles. The smallest absolute Gasteiger partial charge is 0.101 e. The predicted molar refractivity (Wildman–Crippen MR) is 100 cm³/mol. The second-order valence-electron chi connectivity index (χ2n) is 5.66. The van der Waals surface area contributed by atoms with Crippen LogP contribution in [0.25, 0.3) is 42.8 Å². The number of aromatic nitrogens is 3. The lowest BCUT2D eigenvalue weighted by atomic mass is 10.1. The Morgan fingerprint density at radius 3 is 2.67 bits per heavy atom.